The van der Waals surface area contributed by atoms with Gasteiger partial charge in [0.2, 0.25) is 0 Å². The number of H-pyrrole nitrogens is 4. The lowest BCUT2D eigenvalue weighted by molar-refractivity contribution is 0.823. The molecule has 0 atom stereocenters. The van der Waals surface area contributed by atoms with E-state index < -0.39 is 0 Å². The Hall–Kier alpha value is -14.7. The van der Waals surface area contributed by atoms with Gasteiger partial charge < -0.3 is 30.9 Å². The molecular formula is C88H56N16O2. The van der Waals surface area contributed by atoms with E-state index in [1.54, 1.807) is 0 Å². The minimum atomic E-state index is 0. The first-order chi connectivity index (χ1) is 51.5. The van der Waals surface area contributed by atoms with Crippen molar-refractivity contribution in [2.75, 3.05) is 0 Å². The maximum absolute atomic E-state index is 5.34. The van der Waals surface area contributed by atoms with E-state index >= 15 is 0 Å². The van der Waals surface area contributed by atoms with E-state index in [2.05, 4.69) is 141 Å². The lowest BCUT2D eigenvalue weighted by Crippen LogP contribution is -1.86. The minimum Gasteiger partial charge on any atom is -0.412 e. The highest BCUT2D eigenvalue weighted by Crippen LogP contribution is 2.45. The number of fused-ring (bicyclic) bond motifs is 40. The Morgan fingerprint density at radius 1 is 0.142 bits per heavy atom. The van der Waals surface area contributed by atoms with E-state index in [1.165, 1.54) is 0 Å². The summed E-state index contributed by atoms with van der Waals surface area (Å²) in [5, 5.41) is 7.55. The summed E-state index contributed by atoms with van der Waals surface area (Å²) in [6.45, 7) is 0. The third-order valence-electron chi connectivity index (χ3n) is 19.7. The molecule has 0 saturated heterocycles. The van der Waals surface area contributed by atoms with Gasteiger partial charge in [-0.15, -0.1) is 0 Å². The average Bonchev–Trinajstić information content (AvgIpc) is 1.58. The molecule has 10 heterocycles. The predicted octanol–water partition coefficient (Wildman–Crippen LogP) is 18.8. The third kappa shape index (κ3) is 10.2. The molecule has 0 spiro atoms. The Balaban J connectivity index is 0.000000142. The van der Waals surface area contributed by atoms with Crippen LogP contribution in [0.15, 0.2) is 291 Å². The smallest absolute Gasteiger partial charge is 0.164 e. The molecule has 0 amide bonds. The van der Waals surface area contributed by atoms with Crippen molar-refractivity contribution in [3.63, 3.8) is 0 Å². The van der Waals surface area contributed by atoms with Gasteiger partial charge in [0.15, 0.2) is 46.6 Å². The first-order valence-corrected chi connectivity index (χ1v) is 34.3. The predicted molar refractivity (Wildman–Crippen MR) is 421 cm³/mol. The number of nitrogens with zero attached hydrogens (tertiary/aromatic N) is 12. The van der Waals surface area contributed by atoms with Crippen molar-refractivity contribution in [2.45, 2.75) is 0 Å². The minimum absolute atomic E-state index is 0. The van der Waals surface area contributed by atoms with Crippen molar-refractivity contribution in [1.29, 1.82) is 0 Å². The van der Waals surface area contributed by atoms with E-state index in [0.29, 0.717) is 91.8 Å². The average molecular weight is 1370 g/mol. The van der Waals surface area contributed by atoms with Crippen LogP contribution in [0, 0.1) is 0 Å². The molecule has 22 rings (SSSR count). The van der Waals surface area contributed by atoms with Crippen LogP contribution in [0.3, 0.4) is 0 Å². The van der Waals surface area contributed by atoms with Gasteiger partial charge in [0, 0.05) is 87.6 Å². The largest absolute Gasteiger partial charge is 0.412 e. The Kier molecular flexibility index (Phi) is 14.8. The zero-order valence-corrected chi connectivity index (χ0v) is 56.1. The van der Waals surface area contributed by atoms with Crippen molar-refractivity contribution in [2.24, 2.45) is 0 Å². The SMILES string of the molecule is O.O.c1ccc(-c2ccc(-c3ccccc3)c3c4nc5nc(nc6[nH]c(nc7nc(nc([nH]4)c23)-c2ccccc2-7)c2ccccc62)-c2ccccc2-5)cc1.c1ccc(-c2ccc(-c3ccccc3)c3c4nc5nc(nc6[nH]c(nc7nc(nc([nH]4)c23)-c2ccccc2-7)c2ccccc62)-c2ccccc2-5)cc1. The summed E-state index contributed by atoms with van der Waals surface area (Å²) in [5.74, 6) is 4.59. The maximum Gasteiger partial charge on any atom is 0.164 e. The van der Waals surface area contributed by atoms with Gasteiger partial charge in [-0.25, -0.2) is 59.8 Å². The number of nitrogens with one attached hydrogen (secondary N) is 4. The van der Waals surface area contributed by atoms with E-state index in [0.717, 1.165) is 132 Å². The molecule has 18 heteroatoms. The summed E-state index contributed by atoms with van der Waals surface area (Å²) < 4.78 is 0. The molecule has 12 aromatic carbocycles. The molecule has 6 aromatic heterocycles. The van der Waals surface area contributed by atoms with Crippen molar-refractivity contribution < 1.29 is 11.0 Å². The van der Waals surface area contributed by atoms with Crippen molar-refractivity contribution in [3.05, 3.63) is 291 Å². The van der Waals surface area contributed by atoms with E-state index in [1.807, 2.05) is 170 Å². The summed E-state index contributed by atoms with van der Waals surface area (Å²) in [5.41, 5.74) is 21.0. The van der Waals surface area contributed by atoms with Gasteiger partial charge >= 0.3 is 0 Å². The van der Waals surface area contributed by atoms with Crippen LogP contribution < -0.4 is 0 Å². The highest BCUT2D eigenvalue weighted by Gasteiger charge is 2.27. The molecule has 8 N–H and O–H groups in total. The fourth-order valence-corrected chi connectivity index (χ4v) is 15.0. The second kappa shape index (κ2) is 25.1. The molecule has 4 aliphatic heterocycles. The lowest BCUT2D eigenvalue weighted by Gasteiger charge is -2.09. The zero-order chi connectivity index (χ0) is 68.3. The molecule has 0 aliphatic carbocycles. The quantitative estimate of drug-likeness (QED) is 0.128. The molecule has 0 fully saturated rings. The lowest BCUT2D eigenvalue weighted by atomic mass is 9.94. The van der Waals surface area contributed by atoms with Gasteiger partial charge in [-0.1, -0.05) is 291 Å². The summed E-state index contributed by atoms with van der Waals surface area (Å²) in [6.07, 6.45) is 0. The monoisotopic (exact) mass is 1370 g/mol. The van der Waals surface area contributed by atoms with E-state index in [-0.39, 0.29) is 11.0 Å². The van der Waals surface area contributed by atoms with Crippen LogP contribution >= 0.6 is 0 Å². The number of aromatic amines is 4. The van der Waals surface area contributed by atoms with Crippen molar-refractivity contribution in [3.8, 4) is 136 Å². The third-order valence-corrected chi connectivity index (χ3v) is 19.7. The molecule has 18 nitrogen and oxygen atoms in total. The molecule has 4 aliphatic rings. The van der Waals surface area contributed by atoms with Crippen LogP contribution in [0.4, 0.5) is 0 Å². The summed E-state index contributed by atoms with van der Waals surface area (Å²) in [4.78, 5) is 76.6. The fourth-order valence-electron chi connectivity index (χ4n) is 15.0. The van der Waals surface area contributed by atoms with Gasteiger partial charge in [0.05, 0.1) is 0 Å². The first kappa shape index (κ1) is 62.3. The van der Waals surface area contributed by atoms with Crippen LogP contribution in [-0.2, 0) is 0 Å². The molecule has 18 aromatic rings. The van der Waals surface area contributed by atoms with Crippen LogP contribution in [-0.4, -0.2) is 90.7 Å². The standard InChI is InChI=1S/2C44H26N8.2H2O/c2*1-3-13-25(14-4-1)27-23-24-28(26-15-5-2-6-16-26)36-35(27)43-50-41-33-21-11-9-19-31(33)39(48-41)46-37-29-17-7-8-18-30(29)38(45-37)47-40-32-20-10-12-22-34(32)42(49-40)51-44(36)52-43;;/h2*1-24H,(H2,45,46,47,48,49,50,51,52);2*1H2. The molecule has 0 radical (unpaired) electrons. The number of hydrogen-bond acceptors (Lipinski definition) is 12. The number of benzene rings is 12. The summed E-state index contributed by atoms with van der Waals surface area (Å²) in [6, 6.07) is 99.0. The van der Waals surface area contributed by atoms with Gasteiger partial charge in [0.1, 0.15) is 45.2 Å². The zero-order valence-electron chi connectivity index (χ0n) is 56.1. The first-order valence-electron chi connectivity index (χ1n) is 34.3. The van der Waals surface area contributed by atoms with Crippen molar-refractivity contribution in [1.82, 2.24) is 79.7 Å². The Morgan fingerprint density at radius 3 is 0.500 bits per heavy atom. The van der Waals surface area contributed by atoms with Crippen LogP contribution in [0.5, 0.6) is 0 Å². The molecular weight excluding hydrogens is 1310 g/mol. The normalized spacial score (nSPS) is 11.6. The van der Waals surface area contributed by atoms with Crippen LogP contribution in [0.2, 0.25) is 0 Å². The second-order valence-electron chi connectivity index (χ2n) is 25.8. The van der Waals surface area contributed by atoms with Gasteiger partial charge in [0.25, 0.3) is 0 Å². The maximum atomic E-state index is 5.34. The number of aromatic nitrogens is 16. The molecule has 106 heavy (non-hydrogen) atoms. The molecule has 16 bridgehead atoms. The summed E-state index contributed by atoms with van der Waals surface area (Å²) >= 11 is 0. The highest BCUT2D eigenvalue weighted by molar-refractivity contribution is 6.20. The van der Waals surface area contributed by atoms with Gasteiger partial charge in [-0.05, 0) is 44.5 Å². The van der Waals surface area contributed by atoms with Gasteiger partial charge in [-0.3, -0.25) is 0 Å². The van der Waals surface area contributed by atoms with E-state index in [4.69, 9.17) is 59.8 Å². The van der Waals surface area contributed by atoms with Crippen LogP contribution in [0.25, 0.3) is 224 Å². The number of hydrogen-bond donors (Lipinski definition) is 4. The Bertz CT molecular complexity index is 6170. The Morgan fingerprint density at radius 2 is 0.302 bits per heavy atom. The summed E-state index contributed by atoms with van der Waals surface area (Å²) in [7, 11) is 0. The fraction of sp³-hybridized carbons (Fsp3) is 0. The molecule has 500 valence electrons. The second-order valence-corrected chi connectivity index (χ2v) is 25.8. The van der Waals surface area contributed by atoms with E-state index in [9.17, 15) is 0 Å². The molecule has 0 unspecified atom stereocenters. The van der Waals surface area contributed by atoms with Gasteiger partial charge in [-0.2, -0.15) is 0 Å². The topological polar surface area (TPSA) is 281 Å². The molecule has 0 saturated carbocycles. The van der Waals surface area contributed by atoms with Crippen LogP contribution in [0.1, 0.15) is 0 Å². The Labute approximate surface area is 602 Å². The highest BCUT2D eigenvalue weighted by atomic mass is 16.0. The number of rotatable bonds is 4. The van der Waals surface area contributed by atoms with Crippen molar-refractivity contribution >= 4 is 88.3 Å².